The van der Waals surface area contributed by atoms with Crippen LogP contribution in [0.4, 0.5) is 0 Å². The maximum atomic E-state index is 11.6. The Morgan fingerprint density at radius 1 is 0.794 bits per heavy atom. The average molecular weight is 480 g/mol. The van der Waals surface area contributed by atoms with Crippen molar-refractivity contribution in [3.8, 4) is 0 Å². The largest absolute Gasteiger partial charge is 0.349 e. The van der Waals surface area contributed by atoms with E-state index in [4.69, 9.17) is 9.47 Å². The molecule has 0 aromatic carbocycles. The van der Waals surface area contributed by atoms with Crippen molar-refractivity contribution < 1.29 is 14.4 Å². The fourth-order valence-electron chi connectivity index (χ4n) is 6.74. The van der Waals surface area contributed by atoms with Crippen molar-refractivity contribution in [3.05, 3.63) is 10.1 Å². The highest BCUT2D eigenvalue weighted by molar-refractivity contribution is 4.80. The summed E-state index contributed by atoms with van der Waals surface area (Å²) in [5.74, 6) is 1.46. The number of hydrogen-bond donors (Lipinski definition) is 0. The Labute approximate surface area is 209 Å². The summed E-state index contributed by atoms with van der Waals surface area (Å²) < 4.78 is 13.3. The van der Waals surface area contributed by atoms with Gasteiger partial charge in [0.1, 0.15) is 0 Å². The molecule has 4 aliphatic rings. The van der Waals surface area contributed by atoms with Gasteiger partial charge in [-0.05, 0) is 63.2 Å². The second-order valence-electron chi connectivity index (χ2n) is 11.7. The minimum absolute atomic E-state index is 0.0359. The predicted octanol–water partition coefficient (Wildman–Crippen LogP) is 8.60. The molecule has 1 saturated heterocycles. The van der Waals surface area contributed by atoms with Gasteiger partial charge < -0.3 is 9.47 Å². The second-order valence-corrected chi connectivity index (χ2v) is 11.7. The normalized spacial score (nSPS) is 32.0. The van der Waals surface area contributed by atoms with Crippen LogP contribution in [0.15, 0.2) is 0 Å². The first kappa shape index (κ1) is 27.9. The lowest BCUT2D eigenvalue weighted by Gasteiger charge is -2.29. The summed E-state index contributed by atoms with van der Waals surface area (Å²) in [6, 6.07) is -0.403. The smallest absolute Gasteiger partial charge is 0.213 e. The number of nitrogens with zero attached hydrogens (tertiary/aromatic N) is 1. The van der Waals surface area contributed by atoms with Crippen LogP contribution in [0.5, 0.6) is 0 Å². The number of ether oxygens (including phenoxy) is 2. The molecule has 3 aliphatic carbocycles. The third kappa shape index (κ3) is 10.1. The number of rotatable bonds is 11. The van der Waals surface area contributed by atoms with Gasteiger partial charge in [0.15, 0.2) is 6.29 Å². The molecule has 34 heavy (non-hydrogen) atoms. The Balaban J connectivity index is 1.56. The maximum Gasteiger partial charge on any atom is 0.213 e. The molecule has 1 heterocycles. The highest BCUT2D eigenvalue weighted by Crippen LogP contribution is 2.36. The first-order valence-electron chi connectivity index (χ1n) is 15.1. The van der Waals surface area contributed by atoms with Crippen LogP contribution in [0, 0.1) is 22.0 Å². The van der Waals surface area contributed by atoms with Gasteiger partial charge in [-0.3, -0.25) is 10.1 Å². The SMILES string of the molecule is CCCCCCCC(CCCC1OC2CCC(O1)C1CCCCCC(CCCCC1)C2)[N+](=O)[O-]. The zero-order valence-corrected chi connectivity index (χ0v) is 22.1. The van der Waals surface area contributed by atoms with Crippen molar-refractivity contribution in [3.63, 3.8) is 0 Å². The Kier molecular flexibility index (Phi) is 13.2. The van der Waals surface area contributed by atoms with Crippen LogP contribution in [0.3, 0.4) is 0 Å². The van der Waals surface area contributed by atoms with Gasteiger partial charge in [0, 0.05) is 17.8 Å². The highest BCUT2D eigenvalue weighted by atomic mass is 16.7. The first-order chi connectivity index (χ1) is 16.7. The van der Waals surface area contributed by atoms with Gasteiger partial charge in [-0.15, -0.1) is 0 Å². The van der Waals surface area contributed by atoms with Crippen LogP contribution in [0.25, 0.3) is 0 Å². The first-order valence-corrected chi connectivity index (χ1v) is 15.1. The van der Waals surface area contributed by atoms with Gasteiger partial charge in [0.2, 0.25) is 6.04 Å². The molecule has 0 aromatic rings. The zero-order chi connectivity index (χ0) is 24.0. The summed E-state index contributed by atoms with van der Waals surface area (Å²) >= 11 is 0. The fourth-order valence-corrected chi connectivity index (χ4v) is 6.74. The molecule has 0 N–H and O–H groups in total. The minimum atomic E-state index is -0.403. The zero-order valence-electron chi connectivity index (χ0n) is 22.1. The number of hydrogen-bond acceptors (Lipinski definition) is 4. The van der Waals surface area contributed by atoms with Gasteiger partial charge in [-0.2, -0.15) is 0 Å². The van der Waals surface area contributed by atoms with Crippen LogP contribution in [0.1, 0.15) is 148 Å². The predicted molar refractivity (Wildman–Crippen MR) is 139 cm³/mol. The van der Waals surface area contributed by atoms with Crippen LogP contribution < -0.4 is 0 Å². The monoisotopic (exact) mass is 479 g/mol. The maximum absolute atomic E-state index is 11.6. The Morgan fingerprint density at radius 3 is 2.18 bits per heavy atom. The van der Waals surface area contributed by atoms with Crippen molar-refractivity contribution in [2.75, 3.05) is 0 Å². The molecule has 5 nitrogen and oxygen atoms in total. The standard InChI is InChI=1S/C29H53NO4/c1-2-3-4-5-12-18-26(30(31)32)19-13-20-29-33-27-21-22-28(34-29)25-16-10-6-8-14-24(23-27)15-9-7-11-17-25/h24-29H,2-23H2,1H3. The van der Waals surface area contributed by atoms with E-state index in [2.05, 4.69) is 6.92 Å². The van der Waals surface area contributed by atoms with Crippen molar-refractivity contribution in [2.45, 2.75) is 173 Å². The molecule has 5 heteroatoms. The Morgan fingerprint density at radius 2 is 1.47 bits per heavy atom. The molecule has 3 saturated carbocycles. The molecule has 0 spiro atoms. The molecular weight excluding hydrogens is 426 g/mol. The lowest BCUT2D eigenvalue weighted by atomic mass is 9.82. The van der Waals surface area contributed by atoms with E-state index in [0.29, 0.717) is 24.5 Å². The van der Waals surface area contributed by atoms with Gasteiger partial charge in [0.25, 0.3) is 0 Å². The summed E-state index contributed by atoms with van der Waals surface area (Å²) in [5.41, 5.74) is 0. The van der Waals surface area contributed by atoms with E-state index >= 15 is 0 Å². The summed E-state index contributed by atoms with van der Waals surface area (Å²) in [7, 11) is 0. The van der Waals surface area contributed by atoms with Gasteiger partial charge in [0.05, 0.1) is 12.2 Å². The molecule has 4 unspecified atom stereocenters. The Hall–Kier alpha value is -0.680. The number of nitro groups is 1. The van der Waals surface area contributed by atoms with Crippen LogP contribution in [-0.2, 0) is 9.47 Å². The molecule has 4 atom stereocenters. The fraction of sp³-hybridized carbons (Fsp3) is 1.00. The third-order valence-corrected chi connectivity index (χ3v) is 8.86. The molecule has 0 amide bonds. The minimum Gasteiger partial charge on any atom is -0.349 e. The van der Waals surface area contributed by atoms with Crippen molar-refractivity contribution in [2.24, 2.45) is 11.8 Å². The van der Waals surface area contributed by atoms with Crippen LogP contribution in [0.2, 0.25) is 0 Å². The van der Waals surface area contributed by atoms with E-state index in [-0.39, 0.29) is 11.2 Å². The van der Waals surface area contributed by atoms with E-state index in [0.717, 1.165) is 50.9 Å². The summed E-state index contributed by atoms with van der Waals surface area (Å²) in [4.78, 5) is 11.6. The topological polar surface area (TPSA) is 61.6 Å². The van der Waals surface area contributed by atoms with Crippen molar-refractivity contribution in [1.29, 1.82) is 0 Å². The quantitative estimate of drug-likeness (QED) is 0.169. The molecule has 4 fully saturated rings. The van der Waals surface area contributed by atoms with E-state index in [9.17, 15) is 10.1 Å². The lowest BCUT2D eigenvalue weighted by molar-refractivity contribution is -0.524. The Bertz CT molecular complexity index is 542. The molecule has 0 radical (unpaired) electrons. The molecule has 0 aromatic heterocycles. The number of fused-ring (bicyclic) bond motifs is 8. The lowest BCUT2D eigenvalue weighted by Crippen LogP contribution is -2.29. The number of unbranched alkanes of at least 4 members (excludes halogenated alkanes) is 4. The molecule has 4 bridgehead atoms. The highest BCUT2D eigenvalue weighted by Gasteiger charge is 2.33. The van der Waals surface area contributed by atoms with E-state index in [1.54, 1.807) is 0 Å². The van der Waals surface area contributed by atoms with Crippen LogP contribution in [-0.4, -0.2) is 29.5 Å². The van der Waals surface area contributed by atoms with Gasteiger partial charge >= 0.3 is 0 Å². The molecule has 198 valence electrons. The summed E-state index contributed by atoms with van der Waals surface area (Å²) in [6.07, 6.45) is 26.2. The van der Waals surface area contributed by atoms with Crippen molar-refractivity contribution in [1.82, 2.24) is 0 Å². The molecule has 1 aliphatic heterocycles. The van der Waals surface area contributed by atoms with Gasteiger partial charge in [-0.25, -0.2) is 0 Å². The van der Waals surface area contributed by atoms with Gasteiger partial charge in [-0.1, -0.05) is 84.0 Å². The second kappa shape index (κ2) is 16.1. The molecular formula is C29H53NO4. The van der Waals surface area contributed by atoms with E-state index in [1.165, 1.54) is 89.9 Å². The summed E-state index contributed by atoms with van der Waals surface area (Å²) in [6.45, 7) is 2.20. The summed E-state index contributed by atoms with van der Waals surface area (Å²) in [5, 5.41) is 11.6. The van der Waals surface area contributed by atoms with E-state index < -0.39 is 6.04 Å². The van der Waals surface area contributed by atoms with Crippen molar-refractivity contribution >= 4 is 0 Å². The molecule has 4 rings (SSSR count). The average Bonchev–Trinajstić information content (AvgIpc) is 2.99. The van der Waals surface area contributed by atoms with Crippen LogP contribution >= 0.6 is 0 Å². The van der Waals surface area contributed by atoms with E-state index in [1.807, 2.05) is 0 Å². The third-order valence-electron chi connectivity index (χ3n) is 8.86.